The Morgan fingerprint density at radius 2 is 1.76 bits per heavy atom. The fourth-order valence-electron chi connectivity index (χ4n) is 2.88. The lowest BCUT2D eigenvalue weighted by Gasteiger charge is -2.15. The van der Waals surface area contributed by atoms with Crippen molar-refractivity contribution in [2.45, 2.75) is 32.2 Å². The van der Waals surface area contributed by atoms with Crippen LogP contribution in [0.25, 0.3) is 0 Å². The lowest BCUT2D eigenvalue weighted by atomic mass is 10.2. The zero-order chi connectivity index (χ0) is 20.9. The zero-order valence-corrected chi connectivity index (χ0v) is 16.6. The van der Waals surface area contributed by atoms with E-state index in [1.165, 1.54) is 22.1 Å². The van der Waals surface area contributed by atoms with Crippen molar-refractivity contribution in [3.05, 3.63) is 48.0 Å². The minimum atomic E-state index is -0.267. The molecule has 0 aromatic heterocycles. The fourth-order valence-corrected chi connectivity index (χ4v) is 2.88. The van der Waals surface area contributed by atoms with Crippen molar-refractivity contribution >= 4 is 17.7 Å². The number of carbonyl (C=O) groups excluding carboxylic acids is 3. The van der Waals surface area contributed by atoms with Crippen molar-refractivity contribution in [1.29, 1.82) is 0 Å². The number of nitrogens with zero attached hydrogens (tertiary/aromatic N) is 2. The molecule has 29 heavy (non-hydrogen) atoms. The van der Waals surface area contributed by atoms with Crippen LogP contribution in [0, 0.1) is 0 Å². The van der Waals surface area contributed by atoms with Crippen molar-refractivity contribution in [1.82, 2.24) is 15.3 Å². The second kappa shape index (κ2) is 12.8. The highest BCUT2D eigenvalue weighted by Gasteiger charge is 2.22. The Bertz CT molecular complexity index is 675. The Morgan fingerprint density at radius 1 is 1.03 bits per heavy atom. The molecule has 1 heterocycles. The molecule has 0 unspecified atom stereocenters. The van der Waals surface area contributed by atoms with Gasteiger partial charge in [-0.2, -0.15) is 5.06 Å². The number of amides is 3. The number of rotatable bonds is 14. The maximum absolute atomic E-state index is 11.8. The lowest BCUT2D eigenvalue weighted by molar-refractivity contribution is -0.137. The van der Waals surface area contributed by atoms with Crippen LogP contribution in [-0.4, -0.2) is 65.7 Å². The third kappa shape index (κ3) is 8.99. The fraction of sp³-hybridized carbons (Fsp3) is 0.476. The van der Waals surface area contributed by atoms with Gasteiger partial charge in [0.2, 0.25) is 5.91 Å². The topological polar surface area (TPSA) is 99.2 Å². The minimum absolute atomic E-state index is 0.0449. The summed E-state index contributed by atoms with van der Waals surface area (Å²) in [5, 5.41) is 13.8. The second-order valence-electron chi connectivity index (χ2n) is 6.81. The van der Waals surface area contributed by atoms with Gasteiger partial charge in [0.15, 0.2) is 0 Å². The molecule has 3 amide bonds. The van der Waals surface area contributed by atoms with E-state index in [-0.39, 0.29) is 17.7 Å². The summed E-state index contributed by atoms with van der Waals surface area (Å²) in [6.07, 6.45) is 5.13. The Labute approximate surface area is 171 Å². The number of hydrogen-bond acceptors (Lipinski definition) is 6. The lowest BCUT2D eigenvalue weighted by Crippen LogP contribution is -2.31. The molecule has 0 bridgehead atoms. The molecule has 2 N–H and O–H groups in total. The number of hydroxylamine groups is 2. The van der Waals surface area contributed by atoms with Crippen molar-refractivity contribution in [3.63, 3.8) is 0 Å². The van der Waals surface area contributed by atoms with Crippen molar-refractivity contribution in [2.24, 2.45) is 0 Å². The number of ether oxygens (including phenoxy) is 1. The highest BCUT2D eigenvalue weighted by Crippen LogP contribution is 2.07. The third-order valence-corrected chi connectivity index (χ3v) is 4.46. The van der Waals surface area contributed by atoms with Crippen LogP contribution in [-0.2, 0) is 25.7 Å². The monoisotopic (exact) mass is 403 g/mol. The van der Waals surface area contributed by atoms with Crippen LogP contribution in [0.2, 0.25) is 0 Å². The number of imide groups is 1. The average Bonchev–Trinajstić information content (AvgIpc) is 3.03. The van der Waals surface area contributed by atoms with Crippen LogP contribution >= 0.6 is 0 Å². The number of carbonyl (C=O) groups is 3. The van der Waals surface area contributed by atoms with Gasteiger partial charge in [0.1, 0.15) is 0 Å². The molecule has 0 fully saturated rings. The molecular formula is C21H29N3O5. The van der Waals surface area contributed by atoms with E-state index in [1.807, 2.05) is 30.3 Å². The van der Waals surface area contributed by atoms with E-state index in [0.29, 0.717) is 58.7 Å². The molecule has 1 aliphatic heterocycles. The quantitative estimate of drug-likeness (QED) is 0.277. The molecule has 0 atom stereocenters. The van der Waals surface area contributed by atoms with Gasteiger partial charge in [0.05, 0.1) is 13.2 Å². The van der Waals surface area contributed by atoms with E-state index in [0.717, 1.165) is 12.0 Å². The van der Waals surface area contributed by atoms with Gasteiger partial charge in [-0.15, -0.1) is 0 Å². The summed E-state index contributed by atoms with van der Waals surface area (Å²) in [6.45, 7) is 2.41. The minimum Gasteiger partial charge on any atom is -0.378 e. The molecule has 0 saturated heterocycles. The molecule has 8 nitrogen and oxygen atoms in total. The van der Waals surface area contributed by atoms with E-state index in [1.54, 1.807) is 0 Å². The molecule has 2 rings (SSSR count). The molecule has 0 aliphatic carbocycles. The largest absolute Gasteiger partial charge is 0.378 e. The molecule has 1 aliphatic rings. The van der Waals surface area contributed by atoms with E-state index in [9.17, 15) is 19.6 Å². The normalized spacial score (nSPS) is 13.5. The van der Waals surface area contributed by atoms with Crippen LogP contribution in [0.5, 0.6) is 0 Å². The summed E-state index contributed by atoms with van der Waals surface area (Å²) in [4.78, 5) is 35.8. The van der Waals surface area contributed by atoms with Gasteiger partial charge in [-0.25, -0.2) is 0 Å². The van der Waals surface area contributed by atoms with Crippen molar-refractivity contribution < 1.29 is 24.3 Å². The van der Waals surface area contributed by atoms with Gasteiger partial charge in [0, 0.05) is 44.8 Å². The van der Waals surface area contributed by atoms with Crippen molar-refractivity contribution in [3.8, 4) is 0 Å². The summed E-state index contributed by atoms with van der Waals surface area (Å²) in [5.74, 6) is -0.578. The van der Waals surface area contributed by atoms with Crippen LogP contribution in [0.3, 0.4) is 0 Å². The van der Waals surface area contributed by atoms with Crippen LogP contribution < -0.4 is 5.32 Å². The standard InChI is InChI=1S/C21H29N3O5/c25-19(9-5-2-6-13-24-20(26)10-11-21(24)27)22-12-15-29-16-14-23(28)17-18-7-3-1-4-8-18/h1,3-4,7-8,10-11,28H,2,5-6,9,12-17H2,(H,22,25). The van der Waals surface area contributed by atoms with Crippen LogP contribution in [0.15, 0.2) is 42.5 Å². The van der Waals surface area contributed by atoms with Gasteiger partial charge in [0.25, 0.3) is 11.8 Å². The van der Waals surface area contributed by atoms with E-state index in [2.05, 4.69) is 5.32 Å². The van der Waals surface area contributed by atoms with E-state index in [4.69, 9.17) is 4.74 Å². The maximum Gasteiger partial charge on any atom is 0.253 e. The van der Waals surface area contributed by atoms with Gasteiger partial charge in [-0.1, -0.05) is 36.8 Å². The molecular weight excluding hydrogens is 374 g/mol. The highest BCUT2D eigenvalue weighted by atomic mass is 16.5. The first-order valence-corrected chi connectivity index (χ1v) is 9.92. The van der Waals surface area contributed by atoms with Gasteiger partial charge in [-0.3, -0.25) is 19.3 Å². The SMILES string of the molecule is O=C(CCCCCN1C(=O)C=CC1=O)NCCOCCN(O)Cc1ccccc1. The molecule has 8 heteroatoms. The molecule has 0 radical (unpaired) electrons. The average molecular weight is 403 g/mol. The summed E-state index contributed by atoms with van der Waals surface area (Å²) >= 11 is 0. The summed E-state index contributed by atoms with van der Waals surface area (Å²) < 4.78 is 5.42. The molecule has 1 aromatic rings. The summed E-state index contributed by atoms with van der Waals surface area (Å²) in [5.41, 5.74) is 1.03. The molecule has 158 valence electrons. The summed E-state index contributed by atoms with van der Waals surface area (Å²) in [6, 6.07) is 9.67. The first-order chi connectivity index (χ1) is 14.1. The highest BCUT2D eigenvalue weighted by molar-refractivity contribution is 6.12. The van der Waals surface area contributed by atoms with Gasteiger partial charge >= 0.3 is 0 Å². The summed E-state index contributed by atoms with van der Waals surface area (Å²) in [7, 11) is 0. The van der Waals surface area contributed by atoms with Gasteiger partial charge in [-0.05, 0) is 18.4 Å². The number of unbranched alkanes of at least 4 members (excludes halogenated alkanes) is 2. The number of nitrogens with one attached hydrogen (secondary N) is 1. The molecule has 0 spiro atoms. The first-order valence-electron chi connectivity index (χ1n) is 9.92. The van der Waals surface area contributed by atoms with E-state index < -0.39 is 0 Å². The Balaban J connectivity index is 1.40. The van der Waals surface area contributed by atoms with Gasteiger partial charge < -0.3 is 15.3 Å². The second-order valence-corrected chi connectivity index (χ2v) is 6.81. The van der Waals surface area contributed by atoms with Crippen LogP contribution in [0.1, 0.15) is 31.2 Å². The predicted octanol–water partition coefficient (Wildman–Crippen LogP) is 1.50. The van der Waals surface area contributed by atoms with Crippen molar-refractivity contribution in [2.75, 3.05) is 32.8 Å². The Morgan fingerprint density at radius 3 is 2.48 bits per heavy atom. The Hall–Kier alpha value is -2.55. The number of hydrogen-bond donors (Lipinski definition) is 2. The number of benzene rings is 1. The predicted molar refractivity (Wildman–Crippen MR) is 107 cm³/mol. The molecule has 0 saturated carbocycles. The zero-order valence-electron chi connectivity index (χ0n) is 16.6. The van der Waals surface area contributed by atoms with E-state index >= 15 is 0 Å². The molecule has 1 aromatic carbocycles. The maximum atomic E-state index is 11.8. The Kier molecular flexibility index (Phi) is 10.1. The van der Waals surface area contributed by atoms with Crippen LogP contribution in [0.4, 0.5) is 0 Å². The smallest absolute Gasteiger partial charge is 0.253 e. The first kappa shape index (κ1) is 22.7. The third-order valence-electron chi connectivity index (χ3n) is 4.46.